The van der Waals surface area contributed by atoms with E-state index in [9.17, 15) is 9.59 Å². The number of amides is 1. The predicted molar refractivity (Wildman–Crippen MR) is 127 cm³/mol. The molecule has 0 radical (unpaired) electrons. The van der Waals surface area contributed by atoms with Crippen LogP contribution in [0.1, 0.15) is 33.4 Å². The van der Waals surface area contributed by atoms with Crippen molar-refractivity contribution in [3.63, 3.8) is 0 Å². The minimum absolute atomic E-state index is 0.325. The van der Waals surface area contributed by atoms with Gasteiger partial charge in [0, 0.05) is 29.1 Å². The van der Waals surface area contributed by atoms with Gasteiger partial charge in [-0.05, 0) is 30.5 Å². The molecule has 164 valence electrons. The van der Waals surface area contributed by atoms with Gasteiger partial charge in [-0.2, -0.15) is 0 Å². The lowest BCUT2D eigenvalue weighted by molar-refractivity contribution is -0.142. The monoisotopic (exact) mass is 447 g/mol. The van der Waals surface area contributed by atoms with Crippen molar-refractivity contribution in [2.75, 3.05) is 7.11 Å². The number of H-pyrrole nitrogens is 1. The standard InChI is InChI=1S/C25H25N3O3S/c1-4-16-9-11-17(12-10-16)24-27-15(2)22(32-24)23(29)28-21(25(30)31-3)13-18-14-26-20-8-6-5-7-19(18)20/h5-12,14,21,26H,4,13H2,1-3H3,(H,28,29). The molecule has 2 N–H and O–H groups in total. The third-order valence-electron chi connectivity index (χ3n) is 5.50. The van der Waals surface area contributed by atoms with Gasteiger partial charge >= 0.3 is 5.97 Å². The number of carbonyl (C=O) groups excluding carboxylic acids is 2. The van der Waals surface area contributed by atoms with E-state index in [-0.39, 0.29) is 5.91 Å². The second kappa shape index (κ2) is 9.36. The Morgan fingerprint density at radius 1 is 1.16 bits per heavy atom. The summed E-state index contributed by atoms with van der Waals surface area (Å²) in [5.41, 5.74) is 4.78. The van der Waals surface area contributed by atoms with E-state index in [0.717, 1.165) is 33.5 Å². The highest BCUT2D eigenvalue weighted by molar-refractivity contribution is 7.17. The van der Waals surface area contributed by atoms with Crippen molar-refractivity contribution >= 4 is 34.1 Å². The lowest BCUT2D eigenvalue weighted by Crippen LogP contribution is -2.43. The lowest BCUT2D eigenvalue weighted by atomic mass is 10.0. The normalized spacial score (nSPS) is 12.0. The zero-order valence-corrected chi connectivity index (χ0v) is 19.1. The molecule has 0 bridgehead atoms. The number of hydrogen-bond acceptors (Lipinski definition) is 5. The predicted octanol–water partition coefficient (Wildman–Crippen LogP) is 4.68. The maximum absolute atomic E-state index is 13.1. The van der Waals surface area contributed by atoms with Crippen molar-refractivity contribution in [3.05, 3.63) is 76.4 Å². The molecule has 0 aliphatic heterocycles. The molecule has 1 amide bonds. The Kier molecular flexibility index (Phi) is 6.37. The zero-order valence-electron chi connectivity index (χ0n) is 18.3. The minimum Gasteiger partial charge on any atom is -0.467 e. The van der Waals surface area contributed by atoms with Gasteiger partial charge in [-0.3, -0.25) is 4.79 Å². The molecule has 0 spiro atoms. The van der Waals surface area contributed by atoms with Crippen LogP contribution in [0.4, 0.5) is 0 Å². The molecule has 32 heavy (non-hydrogen) atoms. The summed E-state index contributed by atoms with van der Waals surface area (Å²) in [6, 6.07) is 15.2. The average Bonchev–Trinajstić information content (AvgIpc) is 3.41. The largest absolute Gasteiger partial charge is 0.467 e. The van der Waals surface area contributed by atoms with Gasteiger partial charge in [0.2, 0.25) is 0 Å². The number of rotatable bonds is 7. The average molecular weight is 448 g/mol. The summed E-state index contributed by atoms with van der Waals surface area (Å²) >= 11 is 1.32. The Balaban J connectivity index is 1.55. The first kappa shape index (κ1) is 21.8. The number of aryl methyl sites for hydroxylation is 2. The van der Waals surface area contributed by atoms with Gasteiger partial charge in [-0.15, -0.1) is 11.3 Å². The molecule has 0 fully saturated rings. The van der Waals surface area contributed by atoms with Crippen molar-refractivity contribution in [2.24, 2.45) is 0 Å². The first-order valence-corrected chi connectivity index (χ1v) is 11.3. The summed E-state index contributed by atoms with van der Waals surface area (Å²) in [6.45, 7) is 3.92. The number of fused-ring (bicyclic) bond motifs is 1. The number of ether oxygens (including phenoxy) is 1. The van der Waals surface area contributed by atoms with E-state index in [2.05, 4.69) is 34.3 Å². The van der Waals surface area contributed by atoms with Crippen LogP contribution in [0, 0.1) is 6.92 Å². The second-order valence-electron chi connectivity index (χ2n) is 7.60. The number of aromatic nitrogens is 2. The van der Waals surface area contributed by atoms with Crippen LogP contribution < -0.4 is 5.32 Å². The topological polar surface area (TPSA) is 84.1 Å². The van der Waals surface area contributed by atoms with Gasteiger partial charge in [0.25, 0.3) is 5.91 Å². The van der Waals surface area contributed by atoms with Crippen molar-refractivity contribution in [1.29, 1.82) is 0 Å². The van der Waals surface area contributed by atoms with Crippen molar-refractivity contribution in [3.8, 4) is 10.6 Å². The van der Waals surface area contributed by atoms with Crippen molar-refractivity contribution < 1.29 is 14.3 Å². The molecule has 2 aromatic carbocycles. The molecule has 4 aromatic rings. The quantitative estimate of drug-likeness (QED) is 0.403. The van der Waals surface area contributed by atoms with Gasteiger partial charge in [0.15, 0.2) is 0 Å². The summed E-state index contributed by atoms with van der Waals surface area (Å²) in [5.74, 6) is -0.812. The lowest BCUT2D eigenvalue weighted by Gasteiger charge is -2.16. The smallest absolute Gasteiger partial charge is 0.328 e. The number of methoxy groups -OCH3 is 1. The Morgan fingerprint density at radius 2 is 1.91 bits per heavy atom. The van der Waals surface area contributed by atoms with E-state index in [1.54, 1.807) is 0 Å². The van der Waals surface area contributed by atoms with Crippen LogP contribution in [-0.2, 0) is 22.4 Å². The number of esters is 1. The van der Waals surface area contributed by atoms with Crippen LogP contribution in [0.2, 0.25) is 0 Å². The molecule has 7 heteroatoms. The molecule has 2 aromatic heterocycles. The number of nitrogens with one attached hydrogen (secondary N) is 2. The Morgan fingerprint density at radius 3 is 2.62 bits per heavy atom. The van der Waals surface area contributed by atoms with Crippen LogP contribution in [0.15, 0.2) is 54.7 Å². The Bertz CT molecular complexity index is 1260. The van der Waals surface area contributed by atoms with E-state index in [4.69, 9.17) is 4.74 Å². The van der Waals surface area contributed by atoms with E-state index in [0.29, 0.717) is 17.0 Å². The minimum atomic E-state index is -0.805. The van der Waals surface area contributed by atoms with Crippen molar-refractivity contribution in [2.45, 2.75) is 32.7 Å². The second-order valence-corrected chi connectivity index (χ2v) is 8.60. The van der Waals surface area contributed by atoms with Crippen LogP contribution >= 0.6 is 11.3 Å². The van der Waals surface area contributed by atoms with Crippen LogP contribution in [0.5, 0.6) is 0 Å². The molecule has 0 aliphatic rings. The summed E-state index contributed by atoms with van der Waals surface area (Å²) in [4.78, 5) is 33.8. The SMILES string of the molecule is CCc1ccc(-c2nc(C)c(C(=O)NC(Cc3c[nH]c4ccccc34)C(=O)OC)s2)cc1. The van der Waals surface area contributed by atoms with Crippen LogP contribution in [0.3, 0.4) is 0 Å². The number of para-hydroxylation sites is 1. The molecule has 4 rings (SSSR count). The highest BCUT2D eigenvalue weighted by Crippen LogP contribution is 2.28. The van der Waals surface area contributed by atoms with E-state index >= 15 is 0 Å². The molecular weight excluding hydrogens is 422 g/mol. The fourth-order valence-corrected chi connectivity index (χ4v) is 4.67. The molecule has 6 nitrogen and oxygen atoms in total. The number of benzene rings is 2. The molecule has 1 atom stereocenters. The Hall–Kier alpha value is -3.45. The van der Waals surface area contributed by atoms with E-state index in [1.807, 2.05) is 49.5 Å². The number of nitrogens with zero attached hydrogens (tertiary/aromatic N) is 1. The highest BCUT2D eigenvalue weighted by Gasteiger charge is 2.26. The first-order chi connectivity index (χ1) is 15.5. The fourth-order valence-electron chi connectivity index (χ4n) is 3.69. The molecule has 0 saturated heterocycles. The van der Waals surface area contributed by atoms with E-state index < -0.39 is 12.0 Å². The molecule has 1 unspecified atom stereocenters. The van der Waals surface area contributed by atoms with Gasteiger partial charge in [0.05, 0.1) is 12.8 Å². The van der Waals surface area contributed by atoms with Gasteiger partial charge in [-0.25, -0.2) is 9.78 Å². The first-order valence-electron chi connectivity index (χ1n) is 10.5. The van der Waals surface area contributed by atoms with Crippen LogP contribution in [-0.4, -0.2) is 35.0 Å². The van der Waals surface area contributed by atoms with E-state index in [1.165, 1.54) is 24.0 Å². The van der Waals surface area contributed by atoms with Gasteiger partial charge in [-0.1, -0.05) is 49.4 Å². The maximum atomic E-state index is 13.1. The molecule has 2 heterocycles. The fraction of sp³-hybridized carbons (Fsp3) is 0.240. The van der Waals surface area contributed by atoms with Gasteiger partial charge < -0.3 is 15.0 Å². The molecule has 0 saturated carbocycles. The van der Waals surface area contributed by atoms with Gasteiger partial charge in [0.1, 0.15) is 15.9 Å². The summed E-state index contributed by atoms with van der Waals surface area (Å²) < 4.78 is 4.96. The summed E-state index contributed by atoms with van der Waals surface area (Å²) in [7, 11) is 1.33. The molecule has 0 aliphatic carbocycles. The molecular formula is C25H25N3O3S. The summed E-state index contributed by atoms with van der Waals surface area (Å²) in [6.07, 6.45) is 3.16. The van der Waals surface area contributed by atoms with Crippen molar-refractivity contribution in [1.82, 2.24) is 15.3 Å². The third-order valence-corrected chi connectivity index (χ3v) is 6.71. The third kappa shape index (κ3) is 4.43. The highest BCUT2D eigenvalue weighted by atomic mass is 32.1. The maximum Gasteiger partial charge on any atom is 0.328 e. The number of carbonyl (C=O) groups is 2. The number of aromatic amines is 1. The summed E-state index contributed by atoms with van der Waals surface area (Å²) in [5, 5.41) is 4.65. The Labute approximate surface area is 190 Å². The zero-order chi connectivity index (χ0) is 22.7. The number of hydrogen-bond donors (Lipinski definition) is 2. The van der Waals surface area contributed by atoms with Crippen LogP contribution in [0.25, 0.3) is 21.5 Å². The number of thiazole rings is 1.